The highest BCUT2D eigenvalue weighted by Crippen LogP contribution is 2.33. The molecule has 0 aliphatic carbocycles. The molecule has 3 rings (SSSR count). The minimum atomic E-state index is -4.67. The van der Waals surface area contributed by atoms with Crippen LogP contribution in [0, 0.1) is 0 Å². The van der Waals surface area contributed by atoms with Gasteiger partial charge in [-0.15, -0.1) is 0 Å². The Kier molecular flexibility index (Phi) is 6.14. The van der Waals surface area contributed by atoms with E-state index in [1.54, 1.807) is 0 Å². The van der Waals surface area contributed by atoms with E-state index in [0.29, 0.717) is 0 Å². The van der Waals surface area contributed by atoms with E-state index in [1.807, 2.05) is 0 Å². The maximum atomic E-state index is 13.2. The molecule has 11 heteroatoms. The molecule has 1 fully saturated rings. The highest BCUT2D eigenvalue weighted by Gasteiger charge is 2.37. The number of piperazine rings is 1. The van der Waals surface area contributed by atoms with Gasteiger partial charge in [-0.3, -0.25) is 4.79 Å². The number of amides is 1. The largest absolute Gasteiger partial charge is 0.417 e. The highest BCUT2D eigenvalue weighted by molar-refractivity contribution is 7.89. The quantitative estimate of drug-likeness (QED) is 0.682. The second-order valence-electron chi connectivity index (χ2n) is 6.31. The van der Waals surface area contributed by atoms with Crippen molar-refractivity contribution in [3.63, 3.8) is 0 Å². The van der Waals surface area contributed by atoms with Crippen LogP contribution in [0.1, 0.15) is 15.9 Å². The van der Waals surface area contributed by atoms with Crippen molar-refractivity contribution in [1.29, 1.82) is 0 Å². The summed E-state index contributed by atoms with van der Waals surface area (Å²) in [5.41, 5.74) is -1.49. The van der Waals surface area contributed by atoms with Crippen LogP contribution >= 0.6 is 23.2 Å². The number of carbonyl (C=O) groups is 1. The van der Waals surface area contributed by atoms with E-state index >= 15 is 0 Å². The van der Waals surface area contributed by atoms with Gasteiger partial charge in [-0.1, -0.05) is 35.3 Å². The number of benzene rings is 2. The van der Waals surface area contributed by atoms with E-state index in [-0.39, 0.29) is 41.1 Å². The average Bonchev–Trinajstić information content (AvgIpc) is 2.68. The van der Waals surface area contributed by atoms with Crippen molar-refractivity contribution in [2.75, 3.05) is 26.2 Å². The molecule has 0 bridgehead atoms. The van der Waals surface area contributed by atoms with Crippen LogP contribution in [0.15, 0.2) is 47.4 Å². The third-order valence-corrected chi connectivity index (χ3v) is 7.12. The van der Waals surface area contributed by atoms with Gasteiger partial charge in [0.15, 0.2) is 0 Å². The van der Waals surface area contributed by atoms with Crippen molar-refractivity contribution in [1.82, 2.24) is 9.21 Å². The minimum absolute atomic E-state index is 0.00649. The molecule has 1 saturated heterocycles. The Morgan fingerprint density at radius 3 is 2.21 bits per heavy atom. The Bertz CT molecular complexity index is 1040. The monoisotopic (exact) mass is 466 g/mol. The number of hydrogen-bond donors (Lipinski definition) is 0. The molecule has 0 aromatic heterocycles. The molecule has 0 N–H and O–H groups in total. The second kappa shape index (κ2) is 8.14. The number of sulfonamides is 1. The summed E-state index contributed by atoms with van der Waals surface area (Å²) in [6, 6.07) is 8.57. The molecule has 0 radical (unpaired) electrons. The van der Waals surface area contributed by atoms with Gasteiger partial charge in [-0.2, -0.15) is 17.5 Å². The molecule has 1 amide bonds. The van der Waals surface area contributed by atoms with E-state index in [4.69, 9.17) is 23.2 Å². The van der Waals surface area contributed by atoms with Gasteiger partial charge in [0.05, 0.1) is 16.1 Å². The van der Waals surface area contributed by atoms with Gasteiger partial charge in [0.1, 0.15) is 4.90 Å². The topological polar surface area (TPSA) is 57.7 Å². The fourth-order valence-corrected chi connectivity index (χ4v) is 5.19. The molecule has 2 aromatic rings. The molecule has 29 heavy (non-hydrogen) atoms. The molecular formula is C18H15Cl2F3N2O3S. The summed E-state index contributed by atoms with van der Waals surface area (Å²) >= 11 is 11.8. The molecule has 0 spiro atoms. The lowest BCUT2D eigenvalue weighted by molar-refractivity contribution is -0.138. The molecule has 2 aromatic carbocycles. The third-order valence-electron chi connectivity index (χ3n) is 4.50. The molecular weight excluding hydrogens is 452 g/mol. The molecule has 0 saturated carbocycles. The van der Waals surface area contributed by atoms with Crippen molar-refractivity contribution < 1.29 is 26.4 Å². The van der Waals surface area contributed by atoms with E-state index in [2.05, 4.69) is 0 Å². The maximum absolute atomic E-state index is 13.2. The Morgan fingerprint density at radius 1 is 0.966 bits per heavy atom. The Labute approximate surface area is 175 Å². The maximum Gasteiger partial charge on any atom is 0.417 e. The summed E-state index contributed by atoms with van der Waals surface area (Å²) in [5.74, 6) is -0.796. The summed E-state index contributed by atoms with van der Waals surface area (Å²) in [7, 11) is -3.96. The van der Waals surface area contributed by atoms with Crippen LogP contribution < -0.4 is 0 Å². The first kappa shape index (κ1) is 21.9. The van der Waals surface area contributed by atoms with Crippen molar-refractivity contribution in [2.24, 2.45) is 0 Å². The predicted octanol–water partition coefficient (Wildman–Crippen LogP) is 4.16. The molecule has 0 unspecified atom stereocenters. The summed E-state index contributed by atoms with van der Waals surface area (Å²) in [6.07, 6.45) is -4.67. The van der Waals surface area contributed by atoms with Crippen molar-refractivity contribution >= 4 is 39.1 Å². The van der Waals surface area contributed by atoms with Gasteiger partial charge in [-0.25, -0.2) is 8.42 Å². The number of rotatable bonds is 3. The molecule has 0 atom stereocenters. The third kappa shape index (κ3) is 4.53. The number of halogens is 5. The first-order chi connectivity index (χ1) is 13.5. The van der Waals surface area contributed by atoms with Gasteiger partial charge < -0.3 is 4.90 Å². The number of nitrogens with zero attached hydrogens (tertiary/aromatic N) is 2. The number of alkyl halides is 3. The summed E-state index contributed by atoms with van der Waals surface area (Å²) in [4.78, 5) is 13.7. The predicted molar refractivity (Wildman–Crippen MR) is 103 cm³/mol. The van der Waals surface area contributed by atoms with E-state index in [0.717, 1.165) is 16.4 Å². The van der Waals surface area contributed by atoms with Crippen molar-refractivity contribution in [3.8, 4) is 0 Å². The lowest BCUT2D eigenvalue weighted by Crippen LogP contribution is -2.50. The van der Waals surface area contributed by atoms with Crippen LogP contribution in [-0.4, -0.2) is 49.7 Å². The van der Waals surface area contributed by atoms with Gasteiger partial charge in [0.25, 0.3) is 5.91 Å². The SMILES string of the molecule is O=C(c1ccccc1C(F)(F)F)N1CCN(S(=O)(=O)c2cc(Cl)ccc2Cl)CC1. The second-order valence-corrected chi connectivity index (χ2v) is 9.06. The normalized spacial score (nSPS) is 16.1. The standard InChI is InChI=1S/C18H15Cl2F3N2O3S/c19-12-5-6-15(20)16(11-12)29(27,28)25-9-7-24(8-10-25)17(26)13-3-1-2-4-14(13)18(21,22)23/h1-6,11H,7-10H2. The molecule has 1 aliphatic rings. The zero-order valence-corrected chi connectivity index (χ0v) is 17.1. The number of carbonyl (C=O) groups excluding carboxylic acids is 1. The lowest BCUT2D eigenvalue weighted by Gasteiger charge is -2.34. The van der Waals surface area contributed by atoms with Gasteiger partial charge in [0.2, 0.25) is 10.0 Å². The Morgan fingerprint density at radius 2 is 1.59 bits per heavy atom. The van der Waals surface area contributed by atoms with E-state index < -0.39 is 33.2 Å². The molecule has 1 heterocycles. The van der Waals surface area contributed by atoms with Gasteiger partial charge in [0, 0.05) is 31.2 Å². The lowest BCUT2D eigenvalue weighted by atomic mass is 10.1. The fraction of sp³-hybridized carbons (Fsp3) is 0.278. The zero-order chi connectivity index (χ0) is 21.4. The van der Waals surface area contributed by atoms with Crippen molar-refractivity contribution in [3.05, 3.63) is 63.6 Å². The van der Waals surface area contributed by atoms with Crippen LogP contribution in [0.25, 0.3) is 0 Å². The van der Waals surface area contributed by atoms with Crippen LogP contribution in [0.3, 0.4) is 0 Å². The van der Waals surface area contributed by atoms with Crippen LogP contribution in [0.2, 0.25) is 10.0 Å². The van der Waals surface area contributed by atoms with Crippen LogP contribution in [0.4, 0.5) is 13.2 Å². The van der Waals surface area contributed by atoms with Crippen LogP contribution in [0.5, 0.6) is 0 Å². The van der Waals surface area contributed by atoms with Crippen molar-refractivity contribution in [2.45, 2.75) is 11.1 Å². The first-order valence-electron chi connectivity index (χ1n) is 8.42. The van der Waals surface area contributed by atoms with Crippen LogP contribution in [-0.2, 0) is 16.2 Å². The fourth-order valence-electron chi connectivity index (χ4n) is 3.03. The zero-order valence-electron chi connectivity index (χ0n) is 14.8. The molecule has 156 valence electrons. The summed E-state index contributed by atoms with van der Waals surface area (Å²) in [6.45, 7) is -0.263. The highest BCUT2D eigenvalue weighted by atomic mass is 35.5. The summed E-state index contributed by atoms with van der Waals surface area (Å²) in [5, 5.41) is 0.206. The molecule has 1 aliphatic heterocycles. The van der Waals surface area contributed by atoms with E-state index in [1.165, 1.54) is 35.2 Å². The first-order valence-corrected chi connectivity index (χ1v) is 10.6. The molecule has 5 nitrogen and oxygen atoms in total. The number of hydrogen-bond acceptors (Lipinski definition) is 3. The average molecular weight is 467 g/mol. The summed E-state index contributed by atoms with van der Waals surface area (Å²) < 4.78 is 66.3. The Hall–Kier alpha value is -1.81. The minimum Gasteiger partial charge on any atom is -0.336 e. The van der Waals surface area contributed by atoms with E-state index in [9.17, 15) is 26.4 Å². The van der Waals surface area contributed by atoms with Gasteiger partial charge >= 0.3 is 6.18 Å². The smallest absolute Gasteiger partial charge is 0.336 e. The van der Waals surface area contributed by atoms with Gasteiger partial charge in [-0.05, 0) is 30.3 Å². The Balaban J connectivity index is 1.78.